The molecular weight excluding hydrogens is 510 g/mol. The van der Waals surface area contributed by atoms with Crippen LogP contribution in [0.5, 0.6) is 11.5 Å². The van der Waals surface area contributed by atoms with E-state index >= 15 is 0 Å². The zero-order valence-electron chi connectivity index (χ0n) is 20.8. The highest BCUT2D eigenvalue weighted by Gasteiger charge is 2.12. The van der Waals surface area contributed by atoms with Crippen LogP contribution in [-0.2, 0) is 25.5 Å². The average Bonchev–Trinajstić information content (AvgIpc) is 2.87. The van der Waals surface area contributed by atoms with Crippen molar-refractivity contribution in [1.29, 1.82) is 0 Å². The van der Waals surface area contributed by atoms with Gasteiger partial charge in [-0.1, -0.05) is 18.2 Å². The normalized spacial score (nSPS) is 18.8. The van der Waals surface area contributed by atoms with Crippen molar-refractivity contribution in [3.05, 3.63) is 60.4 Å². The van der Waals surface area contributed by atoms with Gasteiger partial charge in [-0.15, -0.1) is 10.2 Å². The molecule has 2 heterocycles. The van der Waals surface area contributed by atoms with Crippen molar-refractivity contribution < 1.29 is 61.9 Å². The monoisotopic (exact) mass is 543 g/mol. The van der Waals surface area contributed by atoms with Crippen molar-refractivity contribution in [2.75, 3.05) is 59.5 Å². The molecule has 37 heavy (non-hydrogen) atoms. The van der Waals surface area contributed by atoms with Gasteiger partial charge in [-0.3, -0.25) is 0 Å². The summed E-state index contributed by atoms with van der Waals surface area (Å²) < 4.78 is 70.7. The van der Waals surface area contributed by atoms with E-state index in [1.165, 1.54) is 0 Å². The molecule has 0 bridgehead atoms. The van der Waals surface area contributed by atoms with Gasteiger partial charge in [0.15, 0.2) is 23.9 Å². The number of aryl methyl sites for hydroxylation is 1. The summed E-state index contributed by atoms with van der Waals surface area (Å²) in [6.07, 6.45) is 7.90. The minimum atomic E-state index is -4.94. The van der Waals surface area contributed by atoms with Crippen molar-refractivity contribution in [1.82, 2.24) is 0 Å². The molecule has 0 saturated carbocycles. The van der Waals surface area contributed by atoms with Crippen molar-refractivity contribution in [3.63, 3.8) is 0 Å². The number of hydrogen-bond donors (Lipinski definition) is 0. The molecule has 1 aliphatic heterocycles. The number of pyridine rings is 1. The van der Waals surface area contributed by atoms with E-state index in [0.717, 1.165) is 12.1 Å². The van der Waals surface area contributed by atoms with Gasteiger partial charge in [0.25, 0.3) is 0 Å². The second kappa shape index (κ2) is 18.0. The van der Waals surface area contributed by atoms with Gasteiger partial charge in [0.1, 0.15) is 19.3 Å². The zero-order valence-corrected chi connectivity index (χ0v) is 21.6. The topological polar surface area (TPSA) is 152 Å². The summed E-state index contributed by atoms with van der Waals surface area (Å²) in [4.78, 5) is 0. The lowest BCUT2D eigenvalue weighted by molar-refractivity contribution is -2.00. The minimum Gasteiger partial charge on any atom is -0.487 e. The molecule has 0 saturated heterocycles. The highest BCUT2D eigenvalue weighted by Crippen LogP contribution is 2.28. The Labute approximate surface area is 219 Å². The predicted molar refractivity (Wildman–Crippen MR) is 121 cm³/mol. The fraction of sp³-hybridized carbons (Fsp3) is 0.480. The zero-order chi connectivity index (χ0) is 26.8. The van der Waals surface area contributed by atoms with Crippen LogP contribution in [0.15, 0.2) is 54.9 Å². The molecule has 12 heteroatoms. The number of rotatable bonds is 3. The molecule has 2 aromatic rings. The number of hydrogen-bond acceptors (Lipinski definition) is 10. The van der Waals surface area contributed by atoms with E-state index in [9.17, 15) is 0 Å². The molecule has 1 unspecified atom stereocenters. The van der Waals surface area contributed by atoms with Gasteiger partial charge in [-0.2, -0.15) is 0 Å². The van der Waals surface area contributed by atoms with Crippen molar-refractivity contribution in [2.24, 2.45) is 0 Å². The van der Waals surface area contributed by atoms with Crippen LogP contribution in [0.4, 0.5) is 0 Å². The number of fused-ring (bicyclic) bond motifs is 1. The third-order valence-corrected chi connectivity index (χ3v) is 4.80. The first-order chi connectivity index (χ1) is 17.8. The Kier molecular flexibility index (Phi) is 15.0. The van der Waals surface area contributed by atoms with Crippen LogP contribution in [0, 0.1) is 10.2 Å². The first-order valence-electron chi connectivity index (χ1n) is 11.8. The SMILES string of the molecule is CC[n+]1ccc(/C=C/C2COCCOCCOCCOCCOc3ccccc3O2)cc1.[O-][Cl+3]([O-])([O-])[O-]. The summed E-state index contributed by atoms with van der Waals surface area (Å²) in [6.45, 7) is 7.49. The molecule has 0 amide bonds. The number of aromatic nitrogens is 1. The van der Waals surface area contributed by atoms with Gasteiger partial charge < -0.3 is 28.4 Å². The van der Waals surface area contributed by atoms with Gasteiger partial charge in [0.2, 0.25) is 0 Å². The number of halogens is 1. The van der Waals surface area contributed by atoms with Crippen LogP contribution in [0.2, 0.25) is 0 Å². The molecule has 206 valence electrons. The second-order valence-electron chi connectivity index (χ2n) is 7.56. The summed E-state index contributed by atoms with van der Waals surface area (Å²) in [6, 6.07) is 11.8. The molecule has 0 N–H and O–H groups in total. The molecule has 1 aliphatic rings. The van der Waals surface area contributed by atoms with Gasteiger partial charge in [0, 0.05) is 12.1 Å². The number of benzene rings is 1. The van der Waals surface area contributed by atoms with E-state index in [1.54, 1.807) is 0 Å². The van der Waals surface area contributed by atoms with Crippen LogP contribution in [-0.4, -0.2) is 65.6 Å². The summed E-state index contributed by atoms with van der Waals surface area (Å²) in [7, 11) is -4.94. The Balaban J connectivity index is 0.000000877. The Hall–Kier alpha value is -2.32. The number of ether oxygens (including phenoxy) is 6. The number of para-hydroxylation sites is 2. The van der Waals surface area contributed by atoms with Crippen LogP contribution in [0.1, 0.15) is 12.5 Å². The first kappa shape index (κ1) is 30.9. The average molecular weight is 544 g/mol. The minimum absolute atomic E-state index is 0.281. The molecule has 0 spiro atoms. The molecule has 0 fully saturated rings. The molecule has 0 aliphatic carbocycles. The fourth-order valence-electron chi connectivity index (χ4n) is 3.04. The Bertz CT molecular complexity index is 886. The molecule has 0 radical (unpaired) electrons. The van der Waals surface area contributed by atoms with E-state index in [0.29, 0.717) is 71.0 Å². The maximum absolute atomic E-state index is 8.49. The Morgan fingerprint density at radius 3 is 1.86 bits per heavy atom. The smallest absolute Gasteiger partial charge is 0.169 e. The van der Waals surface area contributed by atoms with E-state index in [2.05, 4.69) is 36.0 Å². The Morgan fingerprint density at radius 2 is 1.30 bits per heavy atom. The van der Waals surface area contributed by atoms with E-state index in [1.807, 2.05) is 36.4 Å². The van der Waals surface area contributed by atoms with Crippen molar-refractivity contribution in [3.8, 4) is 11.5 Å². The lowest BCUT2D eigenvalue weighted by Crippen LogP contribution is -2.68. The lowest BCUT2D eigenvalue weighted by Gasteiger charge is -2.19. The third-order valence-electron chi connectivity index (χ3n) is 4.80. The van der Waals surface area contributed by atoms with Crippen LogP contribution >= 0.6 is 0 Å². The Morgan fingerprint density at radius 1 is 0.784 bits per heavy atom. The first-order valence-corrected chi connectivity index (χ1v) is 13.1. The van der Waals surface area contributed by atoms with E-state index < -0.39 is 10.2 Å². The van der Waals surface area contributed by atoms with Gasteiger partial charge >= 0.3 is 0 Å². The summed E-state index contributed by atoms with van der Waals surface area (Å²) in [5.41, 5.74) is 1.10. The fourth-order valence-corrected chi connectivity index (χ4v) is 3.04. The summed E-state index contributed by atoms with van der Waals surface area (Å²) in [5, 5.41) is 0. The van der Waals surface area contributed by atoms with Gasteiger partial charge in [-0.05, 0) is 30.7 Å². The molecule has 3 rings (SSSR count). The third kappa shape index (κ3) is 15.5. The highest BCUT2D eigenvalue weighted by atomic mass is 35.7. The standard InChI is InChI=1S/C25H34NO6.ClHO4/c1-2-26-11-9-22(10-12-26)7-8-23-21-30-18-17-28-14-13-27-15-16-29-19-20-31-24-5-3-4-6-25(24)32-23;2-1(3,4)5/h3-12,23H,2,13-21H2,1H3;(H,2,3,4,5)/q+1;/p-1/b8-7+;. The second-order valence-corrected chi connectivity index (χ2v) is 8.32. The number of nitrogens with zero attached hydrogens (tertiary/aromatic N) is 1. The van der Waals surface area contributed by atoms with Crippen LogP contribution < -0.4 is 32.7 Å². The van der Waals surface area contributed by atoms with Crippen molar-refractivity contribution >= 4 is 6.08 Å². The maximum atomic E-state index is 8.49. The molecule has 1 aromatic heterocycles. The van der Waals surface area contributed by atoms with Gasteiger partial charge in [0.05, 0.1) is 52.9 Å². The molecular formula is C25H34ClNO10. The van der Waals surface area contributed by atoms with Crippen LogP contribution in [0.25, 0.3) is 6.08 Å². The summed E-state index contributed by atoms with van der Waals surface area (Å²) in [5.74, 6) is 1.35. The predicted octanol–water partition coefficient (Wildman–Crippen LogP) is -1.84. The maximum Gasteiger partial charge on any atom is 0.169 e. The van der Waals surface area contributed by atoms with E-state index in [-0.39, 0.29) is 6.10 Å². The lowest BCUT2D eigenvalue weighted by atomic mass is 10.2. The quantitative estimate of drug-likeness (QED) is 0.404. The molecule has 11 nitrogen and oxygen atoms in total. The highest BCUT2D eigenvalue weighted by molar-refractivity contribution is 5.48. The van der Waals surface area contributed by atoms with Gasteiger partial charge in [-0.25, -0.2) is 23.2 Å². The molecule has 1 atom stereocenters. The summed E-state index contributed by atoms with van der Waals surface area (Å²) >= 11 is 0. The largest absolute Gasteiger partial charge is 0.487 e. The van der Waals surface area contributed by atoms with Crippen molar-refractivity contribution in [2.45, 2.75) is 19.6 Å². The molecule has 1 aromatic carbocycles. The van der Waals surface area contributed by atoms with Crippen LogP contribution in [0.3, 0.4) is 0 Å². The van der Waals surface area contributed by atoms with E-state index in [4.69, 9.17) is 47.1 Å².